The van der Waals surface area contributed by atoms with Crippen LogP contribution < -0.4 is 0 Å². The summed E-state index contributed by atoms with van der Waals surface area (Å²) in [5.74, 6) is 1.17. The maximum atomic E-state index is 10.6. The number of aliphatic hydroxyl groups is 1. The van der Waals surface area contributed by atoms with Crippen LogP contribution in [0.25, 0.3) is 10.9 Å². The Hall–Kier alpha value is -1.06. The lowest BCUT2D eigenvalue weighted by Crippen LogP contribution is -2.19. The third-order valence-electron chi connectivity index (χ3n) is 3.55. The van der Waals surface area contributed by atoms with Crippen molar-refractivity contribution < 1.29 is 5.11 Å². The second kappa shape index (κ2) is 5.29. The van der Waals surface area contributed by atoms with Crippen molar-refractivity contribution >= 4 is 22.7 Å². The van der Waals surface area contributed by atoms with Gasteiger partial charge in [0.1, 0.15) is 0 Å². The van der Waals surface area contributed by atoms with Crippen LogP contribution in [0.15, 0.2) is 36.5 Å². The van der Waals surface area contributed by atoms with Crippen molar-refractivity contribution in [2.24, 2.45) is 0 Å². The molecular weight excluding hydrogens is 242 g/mol. The smallest absolute Gasteiger partial charge is 0.0929 e. The highest BCUT2D eigenvalue weighted by Crippen LogP contribution is 2.36. The highest BCUT2D eigenvalue weighted by atomic mass is 32.2. The Morgan fingerprint density at radius 1 is 1.22 bits per heavy atom. The van der Waals surface area contributed by atoms with E-state index in [-0.39, 0.29) is 0 Å². The van der Waals surface area contributed by atoms with Crippen molar-refractivity contribution in [3.63, 3.8) is 0 Å². The van der Waals surface area contributed by atoms with Gasteiger partial charge in [-0.3, -0.25) is 4.98 Å². The van der Waals surface area contributed by atoms with Gasteiger partial charge in [0, 0.05) is 22.4 Å². The van der Waals surface area contributed by atoms with Gasteiger partial charge in [0.15, 0.2) is 0 Å². The number of nitrogens with zero attached hydrogens (tertiary/aromatic N) is 1. The summed E-state index contributed by atoms with van der Waals surface area (Å²) < 4.78 is 0. The standard InChI is InChI=1S/C15H17NOS/c17-15(13-8-1-2-10-18-13)12-7-3-5-11-6-4-9-16-14(11)12/h3-7,9,13,15,17H,1-2,8,10H2. The monoisotopic (exact) mass is 259 g/mol. The molecule has 2 unspecified atom stereocenters. The van der Waals surface area contributed by atoms with E-state index in [0.29, 0.717) is 5.25 Å². The highest BCUT2D eigenvalue weighted by Gasteiger charge is 2.25. The number of rotatable bonds is 2. The number of hydrogen-bond acceptors (Lipinski definition) is 3. The van der Waals surface area contributed by atoms with Crippen LogP contribution in [0.3, 0.4) is 0 Å². The first-order valence-electron chi connectivity index (χ1n) is 6.49. The molecule has 1 aromatic carbocycles. The zero-order valence-electron chi connectivity index (χ0n) is 10.2. The summed E-state index contributed by atoms with van der Waals surface area (Å²) in [4.78, 5) is 4.43. The molecule has 2 heterocycles. The minimum atomic E-state index is -0.395. The normalized spacial score (nSPS) is 21.9. The second-order valence-corrected chi connectivity index (χ2v) is 6.12. The van der Waals surface area contributed by atoms with Crippen molar-refractivity contribution in [1.82, 2.24) is 4.98 Å². The van der Waals surface area contributed by atoms with E-state index in [4.69, 9.17) is 0 Å². The van der Waals surface area contributed by atoms with Crippen LogP contribution in [-0.4, -0.2) is 21.1 Å². The Kier molecular flexibility index (Phi) is 3.52. The lowest BCUT2D eigenvalue weighted by molar-refractivity contribution is 0.170. The molecule has 1 N–H and O–H groups in total. The van der Waals surface area contributed by atoms with E-state index in [9.17, 15) is 5.11 Å². The van der Waals surface area contributed by atoms with Crippen LogP contribution in [0.2, 0.25) is 0 Å². The molecule has 0 bridgehead atoms. The molecule has 1 fully saturated rings. The first-order chi connectivity index (χ1) is 8.86. The molecule has 0 radical (unpaired) electrons. The molecule has 1 aliphatic rings. The average Bonchev–Trinajstić information content (AvgIpc) is 2.47. The Bertz CT molecular complexity index is 532. The second-order valence-electron chi connectivity index (χ2n) is 4.77. The van der Waals surface area contributed by atoms with Gasteiger partial charge in [0.05, 0.1) is 11.6 Å². The van der Waals surface area contributed by atoms with Crippen molar-refractivity contribution in [3.8, 4) is 0 Å². The summed E-state index contributed by atoms with van der Waals surface area (Å²) in [6.45, 7) is 0. The van der Waals surface area contributed by atoms with Gasteiger partial charge in [0.2, 0.25) is 0 Å². The Labute approximate surface area is 111 Å². The van der Waals surface area contributed by atoms with Gasteiger partial charge in [-0.25, -0.2) is 0 Å². The molecule has 3 heteroatoms. The predicted molar refractivity (Wildman–Crippen MR) is 76.8 cm³/mol. The van der Waals surface area contributed by atoms with Gasteiger partial charge < -0.3 is 5.11 Å². The number of hydrogen-bond donors (Lipinski definition) is 1. The summed E-state index contributed by atoms with van der Waals surface area (Å²) in [5.41, 5.74) is 1.92. The van der Waals surface area contributed by atoms with E-state index in [2.05, 4.69) is 4.98 Å². The first-order valence-corrected chi connectivity index (χ1v) is 7.54. The van der Waals surface area contributed by atoms with E-state index >= 15 is 0 Å². The van der Waals surface area contributed by atoms with Crippen LogP contribution in [0.5, 0.6) is 0 Å². The molecule has 2 nitrogen and oxygen atoms in total. The third kappa shape index (κ3) is 2.25. The van der Waals surface area contributed by atoms with Gasteiger partial charge in [0.25, 0.3) is 0 Å². The Morgan fingerprint density at radius 2 is 2.11 bits per heavy atom. The Balaban J connectivity index is 1.97. The van der Waals surface area contributed by atoms with E-state index in [1.165, 1.54) is 18.6 Å². The number of fused-ring (bicyclic) bond motifs is 1. The molecule has 18 heavy (non-hydrogen) atoms. The van der Waals surface area contributed by atoms with Gasteiger partial charge >= 0.3 is 0 Å². The van der Waals surface area contributed by atoms with Crippen LogP contribution >= 0.6 is 11.8 Å². The largest absolute Gasteiger partial charge is 0.387 e. The maximum absolute atomic E-state index is 10.6. The zero-order valence-corrected chi connectivity index (χ0v) is 11.1. The lowest BCUT2D eigenvalue weighted by Gasteiger charge is -2.26. The molecule has 94 valence electrons. The minimum absolute atomic E-state index is 0.325. The third-order valence-corrected chi connectivity index (χ3v) is 5.00. The summed E-state index contributed by atoms with van der Waals surface area (Å²) in [7, 11) is 0. The van der Waals surface area contributed by atoms with Crippen LogP contribution in [-0.2, 0) is 0 Å². The van der Waals surface area contributed by atoms with Crippen molar-refractivity contribution in [3.05, 3.63) is 42.1 Å². The molecule has 0 saturated carbocycles. The van der Waals surface area contributed by atoms with Crippen LogP contribution in [0.4, 0.5) is 0 Å². The summed E-state index contributed by atoms with van der Waals surface area (Å²) in [6, 6.07) is 10.1. The van der Waals surface area contributed by atoms with Crippen LogP contribution in [0.1, 0.15) is 30.9 Å². The molecule has 2 atom stereocenters. The topological polar surface area (TPSA) is 33.1 Å². The average molecular weight is 259 g/mol. The summed E-state index contributed by atoms with van der Waals surface area (Å²) in [5, 5.41) is 12.0. The number of thioether (sulfide) groups is 1. The predicted octanol–water partition coefficient (Wildman–Crippen LogP) is 3.55. The Morgan fingerprint density at radius 3 is 2.94 bits per heavy atom. The van der Waals surface area contributed by atoms with E-state index in [1.807, 2.05) is 42.1 Å². The van der Waals surface area contributed by atoms with Crippen molar-refractivity contribution in [2.75, 3.05) is 5.75 Å². The fourth-order valence-corrected chi connectivity index (χ4v) is 3.92. The molecule has 0 amide bonds. The fourth-order valence-electron chi connectivity index (χ4n) is 2.58. The van der Waals surface area contributed by atoms with Gasteiger partial charge in [-0.15, -0.1) is 0 Å². The molecule has 0 spiro atoms. The van der Waals surface area contributed by atoms with E-state index < -0.39 is 6.10 Å². The van der Waals surface area contributed by atoms with Gasteiger partial charge in [-0.1, -0.05) is 30.7 Å². The molecule has 1 aliphatic heterocycles. The molecule has 1 aromatic heterocycles. The minimum Gasteiger partial charge on any atom is -0.387 e. The van der Waals surface area contributed by atoms with Gasteiger partial charge in [-0.2, -0.15) is 11.8 Å². The van der Waals surface area contributed by atoms with E-state index in [0.717, 1.165) is 22.9 Å². The first kappa shape index (κ1) is 12.0. The summed E-state index contributed by atoms with van der Waals surface area (Å²) >= 11 is 1.90. The molecule has 0 aliphatic carbocycles. The molecule has 2 aromatic rings. The summed E-state index contributed by atoms with van der Waals surface area (Å²) in [6.07, 6.45) is 5.02. The molecular formula is C15H17NOS. The molecule has 3 rings (SSSR count). The fraction of sp³-hybridized carbons (Fsp3) is 0.400. The van der Waals surface area contributed by atoms with E-state index in [1.54, 1.807) is 6.20 Å². The zero-order chi connectivity index (χ0) is 12.4. The maximum Gasteiger partial charge on any atom is 0.0929 e. The lowest BCUT2D eigenvalue weighted by atomic mass is 9.99. The number of benzene rings is 1. The number of pyridine rings is 1. The number of para-hydroxylation sites is 1. The quantitative estimate of drug-likeness (QED) is 0.895. The highest BCUT2D eigenvalue weighted by molar-refractivity contribution is 7.99. The van der Waals surface area contributed by atoms with Crippen molar-refractivity contribution in [1.29, 1.82) is 0 Å². The van der Waals surface area contributed by atoms with Gasteiger partial charge in [-0.05, 0) is 24.7 Å². The molecule has 1 saturated heterocycles. The van der Waals surface area contributed by atoms with Crippen LogP contribution in [0, 0.1) is 0 Å². The number of aliphatic hydroxyl groups excluding tert-OH is 1. The SMILES string of the molecule is OC(c1cccc2cccnc12)C1CCCCS1. The number of aromatic nitrogens is 1. The van der Waals surface area contributed by atoms with Crippen molar-refractivity contribution in [2.45, 2.75) is 30.6 Å².